The molecule has 2 heteroatoms. The first-order valence-corrected chi connectivity index (χ1v) is 5.86. The number of fused-ring (bicyclic) bond motifs is 3. The molecule has 0 radical (unpaired) electrons. The van der Waals surface area contributed by atoms with Gasteiger partial charge in [0, 0.05) is 6.54 Å². The summed E-state index contributed by atoms with van der Waals surface area (Å²) in [6, 6.07) is 10.2. The molecule has 15 heavy (non-hydrogen) atoms. The van der Waals surface area contributed by atoms with E-state index in [1.807, 2.05) is 18.2 Å². The van der Waals surface area contributed by atoms with Crippen LogP contribution in [-0.4, -0.2) is 30.6 Å². The van der Waals surface area contributed by atoms with E-state index in [0.717, 1.165) is 18.2 Å². The van der Waals surface area contributed by atoms with Gasteiger partial charge in [-0.3, -0.25) is 4.90 Å². The Labute approximate surface area is 90.8 Å². The predicted octanol–water partition coefficient (Wildman–Crippen LogP) is 2.16. The Morgan fingerprint density at radius 2 is 1.80 bits per heavy atom. The van der Waals surface area contributed by atoms with Crippen molar-refractivity contribution in [3.8, 4) is 5.75 Å². The number of benzene rings is 1. The lowest BCUT2D eigenvalue weighted by Crippen LogP contribution is -2.52. The molecule has 0 aliphatic carbocycles. The average molecular weight is 203 g/mol. The zero-order valence-electron chi connectivity index (χ0n) is 8.93. The summed E-state index contributed by atoms with van der Waals surface area (Å²) in [5.74, 6) is 1.81. The fourth-order valence-corrected chi connectivity index (χ4v) is 2.72. The van der Waals surface area contributed by atoms with Crippen LogP contribution in [0.1, 0.15) is 12.8 Å². The number of nitrogens with zero attached hydrogens (tertiary/aromatic N) is 1. The van der Waals surface area contributed by atoms with E-state index >= 15 is 0 Å². The standard InChI is InChI=1S/C13H17NO/c1-2-4-12(5-3-1)15-13-10-14-8-6-11(13)7-9-14/h1-5,11,13H,6-10H2/t13-/m1/s1. The van der Waals surface area contributed by atoms with E-state index in [-0.39, 0.29) is 0 Å². The van der Waals surface area contributed by atoms with Gasteiger partial charge in [0.2, 0.25) is 0 Å². The van der Waals surface area contributed by atoms with E-state index in [2.05, 4.69) is 17.0 Å². The molecule has 0 N–H and O–H groups in total. The molecule has 3 aliphatic rings. The second kappa shape index (κ2) is 3.86. The normalized spacial score (nSPS) is 34.0. The average Bonchev–Trinajstić information content (AvgIpc) is 2.32. The molecular weight excluding hydrogens is 186 g/mol. The van der Waals surface area contributed by atoms with Crippen LogP contribution in [0.15, 0.2) is 30.3 Å². The van der Waals surface area contributed by atoms with Crippen LogP contribution in [-0.2, 0) is 0 Å². The van der Waals surface area contributed by atoms with E-state index in [4.69, 9.17) is 4.74 Å². The van der Waals surface area contributed by atoms with Crippen molar-refractivity contribution in [2.24, 2.45) is 5.92 Å². The Bertz CT molecular complexity index is 317. The molecule has 2 nitrogen and oxygen atoms in total. The molecule has 0 aromatic heterocycles. The first-order chi connectivity index (χ1) is 7.42. The summed E-state index contributed by atoms with van der Waals surface area (Å²) in [6.07, 6.45) is 3.06. The molecule has 0 saturated carbocycles. The molecule has 0 spiro atoms. The molecule has 0 amide bonds. The van der Waals surface area contributed by atoms with Crippen LogP contribution < -0.4 is 4.74 Å². The van der Waals surface area contributed by atoms with E-state index in [9.17, 15) is 0 Å². The summed E-state index contributed by atoms with van der Waals surface area (Å²) < 4.78 is 6.05. The van der Waals surface area contributed by atoms with Gasteiger partial charge in [-0.15, -0.1) is 0 Å². The fourth-order valence-electron chi connectivity index (χ4n) is 2.72. The van der Waals surface area contributed by atoms with Gasteiger partial charge in [0.1, 0.15) is 11.9 Å². The van der Waals surface area contributed by atoms with Crippen LogP contribution in [0.5, 0.6) is 5.75 Å². The molecule has 1 atom stereocenters. The third-order valence-electron chi connectivity index (χ3n) is 3.63. The number of ether oxygens (including phenoxy) is 1. The van der Waals surface area contributed by atoms with Gasteiger partial charge >= 0.3 is 0 Å². The van der Waals surface area contributed by atoms with Gasteiger partial charge in [-0.25, -0.2) is 0 Å². The predicted molar refractivity (Wildman–Crippen MR) is 60.0 cm³/mol. The lowest BCUT2D eigenvalue weighted by Gasteiger charge is -2.44. The molecule has 4 rings (SSSR count). The lowest BCUT2D eigenvalue weighted by atomic mass is 9.86. The smallest absolute Gasteiger partial charge is 0.119 e. The summed E-state index contributed by atoms with van der Waals surface area (Å²) in [5.41, 5.74) is 0. The molecule has 3 fully saturated rings. The SMILES string of the molecule is c1ccc(O[C@@H]2CN3CCC2CC3)cc1. The van der Waals surface area contributed by atoms with Gasteiger partial charge < -0.3 is 4.74 Å². The zero-order valence-corrected chi connectivity index (χ0v) is 8.93. The number of hydrogen-bond acceptors (Lipinski definition) is 2. The van der Waals surface area contributed by atoms with E-state index < -0.39 is 0 Å². The molecule has 1 aromatic carbocycles. The van der Waals surface area contributed by atoms with E-state index in [0.29, 0.717) is 6.10 Å². The largest absolute Gasteiger partial charge is 0.489 e. The summed E-state index contributed by atoms with van der Waals surface area (Å²) in [6.45, 7) is 3.68. The van der Waals surface area contributed by atoms with Gasteiger partial charge in [0.25, 0.3) is 0 Å². The van der Waals surface area contributed by atoms with Gasteiger partial charge in [0.05, 0.1) is 0 Å². The van der Waals surface area contributed by atoms with Crippen molar-refractivity contribution in [1.82, 2.24) is 4.90 Å². The maximum Gasteiger partial charge on any atom is 0.119 e. The highest BCUT2D eigenvalue weighted by Crippen LogP contribution is 2.30. The third kappa shape index (κ3) is 1.86. The first kappa shape index (κ1) is 9.22. The van der Waals surface area contributed by atoms with Crippen molar-refractivity contribution in [3.05, 3.63) is 30.3 Å². The highest BCUT2D eigenvalue weighted by Gasteiger charge is 2.35. The molecule has 80 valence electrons. The van der Waals surface area contributed by atoms with Crippen molar-refractivity contribution < 1.29 is 4.74 Å². The molecule has 1 aromatic rings. The van der Waals surface area contributed by atoms with Crippen molar-refractivity contribution in [1.29, 1.82) is 0 Å². The maximum atomic E-state index is 6.05. The van der Waals surface area contributed by atoms with E-state index in [1.165, 1.54) is 25.9 Å². The second-order valence-electron chi connectivity index (χ2n) is 4.61. The minimum absolute atomic E-state index is 0.426. The van der Waals surface area contributed by atoms with Crippen LogP contribution >= 0.6 is 0 Å². The Kier molecular flexibility index (Phi) is 2.37. The number of piperidine rings is 3. The summed E-state index contributed by atoms with van der Waals surface area (Å²) in [4.78, 5) is 2.52. The third-order valence-corrected chi connectivity index (χ3v) is 3.63. The topological polar surface area (TPSA) is 12.5 Å². The van der Waals surface area contributed by atoms with Crippen molar-refractivity contribution >= 4 is 0 Å². The molecule has 3 saturated heterocycles. The van der Waals surface area contributed by atoms with Crippen LogP contribution in [0.25, 0.3) is 0 Å². The van der Waals surface area contributed by atoms with Gasteiger partial charge in [-0.05, 0) is 44.0 Å². The van der Waals surface area contributed by atoms with Crippen LogP contribution in [0.3, 0.4) is 0 Å². The second-order valence-corrected chi connectivity index (χ2v) is 4.61. The molecule has 0 unspecified atom stereocenters. The molecule has 3 aliphatic heterocycles. The van der Waals surface area contributed by atoms with Gasteiger partial charge in [-0.2, -0.15) is 0 Å². The minimum Gasteiger partial charge on any atom is -0.489 e. The summed E-state index contributed by atoms with van der Waals surface area (Å²) >= 11 is 0. The Balaban J connectivity index is 1.69. The maximum absolute atomic E-state index is 6.05. The quantitative estimate of drug-likeness (QED) is 0.730. The van der Waals surface area contributed by atoms with Crippen LogP contribution in [0, 0.1) is 5.92 Å². The lowest BCUT2D eigenvalue weighted by molar-refractivity contribution is -0.00775. The van der Waals surface area contributed by atoms with Crippen molar-refractivity contribution in [2.75, 3.05) is 19.6 Å². The molecule has 2 bridgehead atoms. The molecular formula is C13H17NO. The van der Waals surface area contributed by atoms with Crippen LogP contribution in [0.4, 0.5) is 0 Å². The Morgan fingerprint density at radius 3 is 2.40 bits per heavy atom. The summed E-state index contributed by atoms with van der Waals surface area (Å²) in [5, 5.41) is 0. The highest BCUT2D eigenvalue weighted by molar-refractivity contribution is 5.21. The first-order valence-electron chi connectivity index (χ1n) is 5.86. The summed E-state index contributed by atoms with van der Waals surface area (Å²) in [7, 11) is 0. The monoisotopic (exact) mass is 203 g/mol. The zero-order chi connectivity index (χ0) is 10.1. The Hall–Kier alpha value is -1.02. The van der Waals surface area contributed by atoms with Gasteiger partial charge in [0.15, 0.2) is 0 Å². The Morgan fingerprint density at radius 1 is 1.07 bits per heavy atom. The molecule has 3 heterocycles. The van der Waals surface area contributed by atoms with E-state index in [1.54, 1.807) is 0 Å². The van der Waals surface area contributed by atoms with Crippen LogP contribution in [0.2, 0.25) is 0 Å². The number of hydrogen-bond donors (Lipinski definition) is 0. The fraction of sp³-hybridized carbons (Fsp3) is 0.538. The van der Waals surface area contributed by atoms with Crippen molar-refractivity contribution in [2.45, 2.75) is 18.9 Å². The number of rotatable bonds is 2. The van der Waals surface area contributed by atoms with Gasteiger partial charge in [-0.1, -0.05) is 18.2 Å². The number of para-hydroxylation sites is 1. The minimum atomic E-state index is 0.426. The highest BCUT2D eigenvalue weighted by atomic mass is 16.5. The van der Waals surface area contributed by atoms with Crippen molar-refractivity contribution in [3.63, 3.8) is 0 Å².